The quantitative estimate of drug-likeness (QED) is 0.751. The minimum absolute atomic E-state index is 0.555. The minimum atomic E-state index is -4.05. The largest absolute Gasteiger partial charge is 0.278 e. The van der Waals surface area contributed by atoms with Gasteiger partial charge in [-0.05, 0) is 12.1 Å². The predicted molar refractivity (Wildman–Crippen MR) is 50.3 cm³/mol. The SMILES string of the molecule is O=S(=O)(Cl)c1cccc(S(=O)(=O)Cl)n1. The summed E-state index contributed by atoms with van der Waals surface area (Å²) in [5.41, 5.74) is 0. The van der Waals surface area contributed by atoms with Gasteiger partial charge in [0.25, 0.3) is 18.1 Å². The first kappa shape index (κ1) is 11.7. The number of aromatic nitrogens is 1. The Morgan fingerprint density at radius 3 is 1.57 bits per heavy atom. The third-order valence-electron chi connectivity index (χ3n) is 1.20. The Hall–Kier alpha value is -0.370. The van der Waals surface area contributed by atoms with Gasteiger partial charge in [-0.3, -0.25) is 0 Å². The molecule has 1 aromatic rings. The lowest BCUT2D eigenvalue weighted by Gasteiger charge is -1.97. The van der Waals surface area contributed by atoms with Crippen LogP contribution in [0.5, 0.6) is 0 Å². The fourth-order valence-electron chi connectivity index (χ4n) is 0.667. The summed E-state index contributed by atoms with van der Waals surface area (Å²) in [6.45, 7) is 0. The molecule has 0 aliphatic carbocycles. The maximum absolute atomic E-state index is 10.8. The van der Waals surface area contributed by atoms with E-state index >= 15 is 0 Å². The van der Waals surface area contributed by atoms with Gasteiger partial charge in [-0.15, -0.1) is 0 Å². The molecule has 0 radical (unpaired) electrons. The Morgan fingerprint density at radius 1 is 0.929 bits per heavy atom. The molecule has 0 amide bonds. The fraction of sp³-hybridized carbons (Fsp3) is 0. The lowest BCUT2D eigenvalue weighted by molar-refractivity contribution is 0.599. The van der Waals surface area contributed by atoms with Gasteiger partial charge in [-0.1, -0.05) is 6.07 Å². The van der Waals surface area contributed by atoms with Crippen LogP contribution in [0.2, 0.25) is 0 Å². The topological polar surface area (TPSA) is 81.2 Å². The lowest BCUT2D eigenvalue weighted by Crippen LogP contribution is -2.00. The Bertz CT molecular complexity index is 504. The molecule has 0 aromatic carbocycles. The summed E-state index contributed by atoms with van der Waals surface area (Å²) in [6, 6.07) is 3.30. The van der Waals surface area contributed by atoms with Crippen molar-refractivity contribution in [2.24, 2.45) is 0 Å². The second-order valence-electron chi connectivity index (χ2n) is 2.19. The maximum atomic E-state index is 10.8. The zero-order valence-electron chi connectivity index (χ0n) is 6.38. The summed E-state index contributed by atoms with van der Waals surface area (Å²) in [7, 11) is 1.81. The van der Waals surface area contributed by atoms with E-state index < -0.39 is 28.2 Å². The molecule has 78 valence electrons. The van der Waals surface area contributed by atoms with E-state index in [0.717, 1.165) is 12.1 Å². The summed E-state index contributed by atoms with van der Waals surface area (Å²) < 4.78 is 43.1. The fourth-order valence-corrected chi connectivity index (χ4v) is 2.14. The normalized spacial score (nSPS) is 12.7. The molecule has 0 bridgehead atoms. The van der Waals surface area contributed by atoms with Crippen LogP contribution >= 0.6 is 21.4 Å². The first-order chi connectivity index (χ1) is 6.21. The van der Waals surface area contributed by atoms with Gasteiger partial charge < -0.3 is 0 Å². The summed E-state index contributed by atoms with van der Waals surface area (Å²) in [4.78, 5) is 3.28. The lowest BCUT2D eigenvalue weighted by atomic mass is 10.5. The molecule has 0 aliphatic heterocycles. The van der Waals surface area contributed by atoms with E-state index in [2.05, 4.69) is 4.98 Å². The Morgan fingerprint density at radius 2 is 1.29 bits per heavy atom. The van der Waals surface area contributed by atoms with Gasteiger partial charge in [-0.25, -0.2) is 21.8 Å². The van der Waals surface area contributed by atoms with Crippen molar-refractivity contribution in [1.29, 1.82) is 0 Å². The molecular formula is C5H3Cl2NO4S2. The molecule has 0 N–H and O–H groups in total. The highest BCUT2D eigenvalue weighted by Crippen LogP contribution is 2.17. The number of hydrogen-bond donors (Lipinski definition) is 0. The van der Waals surface area contributed by atoms with E-state index in [9.17, 15) is 16.8 Å². The second-order valence-corrected chi connectivity index (χ2v) is 7.22. The molecule has 1 heterocycles. The van der Waals surface area contributed by atoms with Crippen LogP contribution in [0.3, 0.4) is 0 Å². The van der Waals surface area contributed by atoms with Gasteiger partial charge in [0.05, 0.1) is 0 Å². The van der Waals surface area contributed by atoms with E-state index in [-0.39, 0.29) is 0 Å². The van der Waals surface area contributed by atoms with Crippen molar-refractivity contribution < 1.29 is 16.8 Å². The molecule has 1 rings (SSSR count). The van der Waals surface area contributed by atoms with Crippen LogP contribution in [0.25, 0.3) is 0 Å². The van der Waals surface area contributed by atoms with Gasteiger partial charge in [0.1, 0.15) is 0 Å². The highest BCUT2D eigenvalue weighted by molar-refractivity contribution is 8.14. The van der Waals surface area contributed by atoms with Crippen LogP contribution in [-0.2, 0) is 18.1 Å². The molecule has 0 saturated carbocycles. The number of hydrogen-bond acceptors (Lipinski definition) is 5. The Labute approximate surface area is 89.5 Å². The molecule has 14 heavy (non-hydrogen) atoms. The average molecular weight is 276 g/mol. The van der Waals surface area contributed by atoms with Crippen LogP contribution in [0, 0.1) is 0 Å². The van der Waals surface area contributed by atoms with E-state index in [1.165, 1.54) is 6.07 Å². The molecule has 0 spiro atoms. The van der Waals surface area contributed by atoms with Crippen molar-refractivity contribution in [2.45, 2.75) is 10.1 Å². The zero-order chi connectivity index (χ0) is 11.0. The van der Waals surface area contributed by atoms with Crippen molar-refractivity contribution in [3.63, 3.8) is 0 Å². The second kappa shape index (κ2) is 3.65. The first-order valence-electron chi connectivity index (χ1n) is 3.07. The molecule has 1 aromatic heterocycles. The summed E-state index contributed by atoms with van der Waals surface area (Å²) in [5, 5.41) is -1.11. The molecular weight excluding hydrogens is 273 g/mol. The van der Waals surface area contributed by atoms with Crippen LogP contribution in [0.1, 0.15) is 0 Å². The van der Waals surface area contributed by atoms with Crippen molar-refractivity contribution in [3.05, 3.63) is 18.2 Å². The van der Waals surface area contributed by atoms with E-state index in [1.54, 1.807) is 0 Å². The number of nitrogens with zero attached hydrogens (tertiary/aromatic N) is 1. The molecule has 0 saturated heterocycles. The van der Waals surface area contributed by atoms with Crippen molar-refractivity contribution in [1.82, 2.24) is 4.98 Å². The minimum Gasteiger partial charge on any atom is -0.222 e. The van der Waals surface area contributed by atoms with Gasteiger partial charge in [0.2, 0.25) is 0 Å². The first-order valence-corrected chi connectivity index (χ1v) is 7.69. The molecule has 0 unspecified atom stereocenters. The molecule has 9 heteroatoms. The standard InChI is InChI=1S/C5H3Cl2NO4S2/c6-13(9,10)4-2-1-3-5(8-4)14(7,11)12/h1-3H. The Kier molecular flexibility index (Phi) is 3.05. The van der Waals surface area contributed by atoms with Gasteiger partial charge in [-0.2, -0.15) is 0 Å². The smallest absolute Gasteiger partial charge is 0.222 e. The van der Waals surface area contributed by atoms with Gasteiger partial charge >= 0.3 is 0 Å². The van der Waals surface area contributed by atoms with E-state index in [4.69, 9.17) is 21.4 Å². The predicted octanol–water partition coefficient (Wildman–Crippen LogP) is 0.937. The third kappa shape index (κ3) is 2.81. The van der Waals surface area contributed by atoms with Crippen molar-refractivity contribution >= 4 is 39.5 Å². The zero-order valence-corrected chi connectivity index (χ0v) is 9.53. The number of pyridine rings is 1. The van der Waals surface area contributed by atoms with Crippen LogP contribution in [0.4, 0.5) is 0 Å². The maximum Gasteiger partial charge on any atom is 0.278 e. The molecule has 0 fully saturated rings. The van der Waals surface area contributed by atoms with Crippen LogP contribution in [0.15, 0.2) is 28.3 Å². The highest BCUT2D eigenvalue weighted by atomic mass is 35.7. The van der Waals surface area contributed by atoms with Gasteiger partial charge in [0, 0.05) is 21.4 Å². The summed E-state index contributed by atoms with van der Waals surface area (Å²) in [6.07, 6.45) is 0. The van der Waals surface area contributed by atoms with Crippen molar-refractivity contribution in [3.8, 4) is 0 Å². The highest BCUT2D eigenvalue weighted by Gasteiger charge is 2.17. The molecule has 0 atom stereocenters. The number of halogens is 2. The third-order valence-corrected chi connectivity index (χ3v) is 3.60. The monoisotopic (exact) mass is 275 g/mol. The summed E-state index contributed by atoms with van der Waals surface area (Å²) >= 11 is 0. The average Bonchev–Trinajstić information content (AvgIpc) is 2.01. The van der Waals surface area contributed by atoms with E-state index in [0.29, 0.717) is 0 Å². The molecule has 5 nitrogen and oxygen atoms in total. The molecule has 0 aliphatic rings. The number of rotatable bonds is 2. The van der Waals surface area contributed by atoms with Crippen LogP contribution < -0.4 is 0 Å². The van der Waals surface area contributed by atoms with Crippen molar-refractivity contribution in [2.75, 3.05) is 0 Å². The summed E-state index contributed by atoms with van der Waals surface area (Å²) in [5.74, 6) is 0. The van der Waals surface area contributed by atoms with E-state index in [1.807, 2.05) is 0 Å². The van der Waals surface area contributed by atoms with Crippen LogP contribution in [-0.4, -0.2) is 21.8 Å². The Balaban J connectivity index is 3.44. The van der Waals surface area contributed by atoms with Gasteiger partial charge in [0.15, 0.2) is 10.1 Å².